The smallest absolute Gasteiger partial charge is 0.0765 e. The number of aliphatic hydroxyl groups excluding tert-OH is 1. The molecule has 0 bridgehead atoms. The molecule has 2 saturated heterocycles. The lowest BCUT2D eigenvalue weighted by Gasteiger charge is -2.53. The van der Waals surface area contributed by atoms with Crippen LogP contribution in [-0.4, -0.2) is 72.5 Å². The Kier molecular flexibility index (Phi) is 6.71. The Morgan fingerprint density at radius 2 is 1.89 bits per heavy atom. The predicted molar refractivity (Wildman–Crippen MR) is 147 cm³/mol. The molecular formula is C32H54N2O2. The molecule has 0 aromatic rings. The number of ether oxygens (including phenoxy) is 1. The van der Waals surface area contributed by atoms with E-state index in [0.717, 1.165) is 49.0 Å². The standard InChI is InChI=1S/C32H54N2O2/c1-20-15-29-30(34(19-20)14-13-33(5)6)22(3)32(36-29)12-10-25-26-8-7-23-16-24(35)9-11-31(23,4)28(26)17-27(25)21(2)18-32/h20,22-26,28-30,35H,7-19H2,1-6H3/t20-,22+,23+,24?,25-,26-,28-,29+,30-,31-,32-/m0/s1. The van der Waals surface area contributed by atoms with Gasteiger partial charge in [0, 0.05) is 31.6 Å². The summed E-state index contributed by atoms with van der Waals surface area (Å²) in [4.78, 5) is 5.15. The van der Waals surface area contributed by atoms with Crippen LogP contribution in [0.25, 0.3) is 0 Å². The highest BCUT2D eigenvalue weighted by Gasteiger charge is 2.60. The van der Waals surface area contributed by atoms with Crippen LogP contribution in [0.2, 0.25) is 0 Å². The topological polar surface area (TPSA) is 35.9 Å². The quantitative estimate of drug-likeness (QED) is 0.503. The molecule has 0 amide bonds. The first-order valence-corrected chi connectivity index (χ1v) is 15.5. The molecule has 2 aliphatic heterocycles. The van der Waals surface area contributed by atoms with E-state index in [1.54, 1.807) is 5.57 Å². The van der Waals surface area contributed by atoms with Crippen molar-refractivity contribution in [3.63, 3.8) is 0 Å². The number of aliphatic hydroxyl groups is 1. The maximum Gasteiger partial charge on any atom is 0.0765 e. The van der Waals surface area contributed by atoms with Crippen molar-refractivity contribution in [3.8, 4) is 0 Å². The second-order valence-electron chi connectivity index (χ2n) is 14.9. The molecule has 1 spiro atoms. The van der Waals surface area contributed by atoms with E-state index in [1.807, 2.05) is 5.57 Å². The number of likely N-dealkylation sites (tertiary alicyclic amines) is 1. The van der Waals surface area contributed by atoms with Crippen molar-refractivity contribution >= 4 is 0 Å². The van der Waals surface area contributed by atoms with Crippen LogP contribution in [0.4, 0.5) is 0 Å². The monoisotopic (exact) mass is 498 g/mol. The maximum absolute atomic E-state index is 10.4. The molecule has 4 aliphatic carbocycles. The number of piperidine rings is 1. The summed E-state index contributed by atoms with van der Waals surface area (Å²) in [6.45, 7) is 13.6. The number of hydrogen-bond acceptors (Lipinski definition) is 4. The molecule has 2 heterocycles. The van der Waals surface area contributed by atoms with Gasteiger partial charge < -0.3 is 14.7 Å². The Labute approximate surface area is 221 Å². The van der Waals surface area contributed by atoms with Crippen LogP contribution >= 0.6 is 0 Å². The maximum atomic E-state index is 10.4. The second kappa shape index (κ2) is 9.35. The summed E-state index contributed by atoms with van der Waals surface area (Å²) in [5.41, 5.74) is 4.04. The first kappa shape index (κ1) is 25.8. The fraction of sp³-hybridized carbons (Fsp3) is 0.938. The number of allylic oxidation sites excluding steroid dienone is 1. The molecule has 204 valence electrons. The van der Waals surface area contributed by atoms with E-state index in [-0.39, 0.29) is 11.7 Å². The number of hydrogen-bond donors (Lipinski definition) is 1. The Bertz CT molecular complexity index is 870. The van der Waals surface area contributed by atoms with Gasteiger partial charge in [0.1, 0.15) is 0 Å². The highest BCUT2D eigenvalue weighted by molar-refractivity contribution is 5.29. The van der Waals surface area contributed by atoms with Gasteiger partial charge in [-0.1, -0.05) is 31.9 Å². The molecule has 5 fully saturated rings. The van der Waals surface area contributed by atoms with Crippen LogP contribution in [0, 0.1) is 40.9 Å². The van der Waals surface area contributed by atoms with E-state index in [4.69, 9.17) is 4.74 Å². The van der Waals surface area contributed by atoms with E-state index in [0.29, 0.717) is 23.5 Å². The Hall–Kier alpha value is -0.420. The van der Waals surface area contributed by atoms with Gasteiger partial charge in [-0.2, -0.15) is 0 Å². The van der Waals surface area contributed by atoms with Crippen molar-refractivity contribution in [2.24, 2.45) is 40.9 Å². The summed E-state index contributed by atoms with van der Waals surface area (Å²) in [7, 11) is 4.41. The van der Waals surface area contributed by atoms with Gasteiger partial charge in [0.05, 0.1) is 17.8 Å². The minimum Gasteiger partial charge on any atom is -0.393 e. The van der Waals surface area contributed by atoms with E-state index in [2.05, 4.69) is 51.6 Å². The van der Waals surface area contributed by atoms with Gasteiger partial charge in [0.2, 0.25) is 0 Å². The van der Waals surface area contributed by atoms with Crippen molar-refractivity contribution in [1.82, 2.24) is 9.80 Å². The molecule has 4 heteroatoms. The summed E-state index contributed by atoms with van der Waals surface area (Å²) < 4.78 is 7.27. The molecule has 11 atom stereocenters. The van der Waals surface area contributed by atoms with Gasteiger partial charge in [-0.25, -0.2) is 0 Å². The third-order valence-corrected chi connectivity index (χ3v) is 12.7. The first-order valence-electron chi connectivity index (χ1n) is 15.5. The van der Waals surface area contributed by atoms with E-state index < -0.39 is 0 Å². The number of nitrogens with zero attached hydrogens (tertiary/aromatic N) is 2. The lowest BCUT2D eigenvalue weighted by atomic mass is 9.52. The third-order valence-electron chi connectivity index (χ3n) is 12.7. The third kappa shape index (κ3) is 4.07. The SMILES string of the molecule is CC1=C2C[C@H]3[C@@H](CC[C@@H]4CC(O)CC[C@@]43C)[C@@H]2CC[C@@]2(C1)O[C@@H]1C[C@H](C)CN(CCN(C)C)[C@H]1[C@H]2C. The molecule has 6 rings (SSSR count). The van der Waals surface area contributed by atoms with Gasteiger partial charge in [-0.05, 0) is 120 Å². The van der Waals surface area contributed by atoms with Crippen LogP contribution in [-0.2, 0) is 4.74 Å². The number of likely N-dealkylation sites (N-methyl/N-ethyl adjacent to an activating group) is 1. The van der Waals surface area contributed by atoms with Crippen LogP contribution in [0.3, 0.4) is 0 Å². The summed E-state index contributed by atoms with van der Waals surface area (Å²) in [5, 5.41) is 10.4. The highest BCUT2D eigenvalue weighted by Crippen LogP contribution is 2.65. The molecule has 6 aliphatic rings. The molecular weight excluding hydrogens is 444 g/mol. The largest absolute Gasteiger partial charge is 0.393 e. The van der Waals surface area contributed by atoms with Gasteiger partial charge in [-0.15, -0.1) is 0 Å². The Morgan fingerprint density at radius 1 is 1.08 bits per heavy atom. The molecule has 3 saturated carbocycles. The second-order valence-corrected chi connectivity index (χ2v) is 14.9. The van der Waals surface area contributed by atoms with Gasteiger partial charge in [0.25, 0.3) is 0 Å². The molecule has 0 radical (unpaired) electrons. The fourth-order valence-electron chi connectivity index (χ4n) is 10.8. The average molecular weight is 499 g/mol. The van der Waals surface area contributed by atoms with Crippen molar-refractivity contribution < 1.29 is 9.84 Å². The minimum absolute atomic E-state index is 0.0444. The number of fused-ring (bicyclic) bond motifs is 6. The zero-order chi connectivity index (χ0) is 25.4. The van der Waals surface area contributed by atoms with Crippen LogP contribution in [0.5, 0.6) is 0 Å². The van der Waals surface area contributed by atoms with Gasteiger partial charge in [0.15, 0.2) is 0 Å². The number of rotatable bonds is 3. The van der Waals surface area contributed by atoms with Crippen molar-refractivity contribution in [1.29, 1.82) is 0 Å². The van der Waals surface area contributed by atoms with Gasteiger partial charge in [-0.3, -0.25) is 4.90 Å². The van der Waals surface area contributed by atoms with Crippen LogP contribution in [0.15, 0.2) is 11.1 Å². The van der Waals surface area contributed by atoms with Crippen molar-refractivity contribution in [2.45, 2.75) is 116 Å². The molecule has 0 aromatic carbocycles. The van der Waals surface area contributed by atoms with Crippen LogP contribution in [0.1, 0.15) is 91.9 Å². The van der Waals surface area contributed by atoms with Crippen LogP contribution < -0.4 is 0 Å². The minimum atomic E-state index is -0.0446. The molecule has 0 aromatic heterocycles. The summed E-state index contributed by atoms with van der Waals surface area (Å²) in [5.74, 6) is 4.59. The normalized spacial score (nSPS) is 51.2. The van der Waals surface area contributed by atoms with Crippen molar-refractivity contribution in [2.75, 3.05) is 33.7 Å². The zero-order valence-electron chi connectivity index (χ0n) is 24.1. The Morgan fingerprint density at radius 3 is 2.67 bits per heavy atom. The van der Waals surface area contributed by atoms with E-state index in [9.17, 15) is 5.11 Å². The van der Waals surface area contributed by atoms with Gasteiger partial charge >= 0.3 is 0 Å². The summed E-state index contributed by atoms with van der Waals surface area (Å²) >= 11 is 0. The molecule has 36 heavy (non-hydrogen) atoms. The summed E-state index contributed by atoms with van der Waals surface area (Å²) in [6, 6.07) is 0.590. The summed E-state index contributed by atoms with van der Waals surface area (Å²) in [6.07, 6.45) is 12.8. The predicted octanol–water partition coefficient (Wildman–Crippen LogP) is 5.75. The Balaban J connectivity index is 1.24. The molecule has 4 nitrogen and oxygen atoms in total. The molecule has 1 unspecified atom stereocenters. The van der Waals surface area contributed by atoms with Crippen molar-refractivity contribution in [3.05, 3.63) is 11.1 Å². The van der Waals surface area contributed by atoms with E-state index in [1.165, 1.54) is 64.5 Å². The highest BCUT2D eigenvalue weighted by atomic mass is 16.5. The van der Waals surface area contributed by atoms with E-state index >= 15 is 0 Å². The lowest BCUT2D eigenvalue weighted by Crippen LogP contribution is -2.53. The fourth-order valence-corrected chi connectivity index (χ4v) is 10.8. The first-order chi connectivity index (χ1) is 17.1. The zero-order valence-corrected chi connectivity index (χ0v) is 24.1. The lowest BCUT2D eigenvalue weighted by molar-refractivity contribution is -0.0840. The average Bonchev–Trinajstić information content (AvgIpc) is 3.28. The molecule has 1 N–H and O–H groups in total.